The van der Waals surface area contributed by atoms with Gasteiger partial charge >= 0.3 is 6.18 Å². The summed E-state index contributed by atoms with van der Waals surface area (Å²) in [6, 6.07) is 0. The van der Waals surface area contributed by atoms with Gasteiger partial charge in [-0.2, -0.15) is 13.2 Å². The lowest BCUT2D eigenvalue weighted by Gasteiger charge is -2.10. The van der Waals surface area contributed by atoms with Gasteiger partial charge in [0.15, 0.2) is 0 Å². The van der Waals surface area contributed by atoms with Crippen molar-refractivity contribution in [2.24, 2.45) is 7.05 Å². The monoisotopic (exact) mass is 209 g/mol. The molecule has 1 heterocycles. The van der Waals surface area contributed by atoms with E-state index in [1.807, 2.05) is 0 Å². The largest absolute Gasteiger partial charge is 0.392 e. The van der Waals surface area contributed by atoms with E-state index in [2.05, 4.69) is 10.3 Å². The first-order chi connectivity index (χ1) is 6.37. The van der Waals surface area contributed by atoms with Gasteiger partial charge in [-0.15, -0.1) is 5.10 Å². The van der Waals surface area contributed by atoms with E-state index in [1.54, 1.807) is 7.05 Å². The number of rotatable bonds is 3. The molecule has 1 atom stereocenters. The van der Waals surface area contributed by atoms with Gasteiger partial charge < -0.3 is 5.11 Å². The molecule has 0 fully saturated rings. The zero-order valence-corrected chi connectivity index (χ0v) is 7.49. The molecule has 0 amide bonds. The van der Waals surface area contributed by atoms with E-state index in [-0.39, 0.29) is 6.42 Å². The van der Waals surface area contributed by atoms with Crippen LogP contribution >= 0.6 is 0 Å². The van der Waals surface area contributed by atoms with Gasteiger partial charge in [-0.3, -0.25) is 4.68 Å². The molecule has 0 spiro atoms. The highest BCUT2D eigenvalue weighted by atomic mass is 19.4. The lowest BCUT2D eigenvalue weighted by Crippen LogP contribution is -2.21. The van der Waals surface area contributed by atoms with E-state index < -0.39 is 18.7 Å². The molecule has 0 radical (unpaired) electrons. The van der Waals surface area contributed by atoms with Gasteiger partial charge in [0.05, 0.1) is 18.2 Å². The fourth-order valence-corrected chi connectivity index (χ4v) is 1.07. The fourth-order valence-electron chi connectivity index (χ4n) is 1.07. The smallest absolute Gasteiger partial charge is 0.391 e. The summed E-state index contributed by atoms with van der Waals surface area (Å²) in [5.74, 6) is 0. The Morgan fingerprint density at radius 1 is 1.57 bits per heavy atom. The minimum atomic E-state index is -4.35. The Labute approximate surface area is 78.3 Å². The van der Waals surface area contributed by atoms with Gasteiger partial charge in [0, 0.05) is 19.7 Å². The SMILES string of the molecule is Cn1cc(CC(O)CC(F)(F)F)nn1. The molecule has 7 heteroatoms. The van der Waals surface area contributed by atoms with Crippen LogP contribution in [0.2, 0.25) is 0 Å². The maximum absolute atomic E-state index is 11.8. The Bertz CT molecular complexity index is 297. The second kappa shape index (κ2) is 3.95. The van der Waals surface area contributed by atoms with Crippen LogP contribution in [-0.4, -0.2) is 32.4 Å². The van der Waals surface area contributed by atoms with Gasteiger partial charge in [-0.25, -0.2) is 0 Å². The second-order valence-electron chi connectivity index (χ2n) is 3.06. The first-order valence-corrected chi connectivity index (χ1v) is 3.97. The number of halogens is 3. The molecule has 1 aromatic rings. The molecule has 0 aliphatic rings. The molecule has 0 aliphatic heterocycles. The molecule has 1 rings (SSSR count). The molecule has 80 valence electrons. The van der Waals surface area contributed by atoms with E-state index in [9.17, 15) is 13.2 Å². The Hall–Kier alpha value is -1.11. The number of aromatic nitrogens is 3. The van der Waals surface area contributed by atoms with E-state index in [1.165, 1.54) is 10.9 Å². The highest BCUT2D eigenvalue weighted by Crippen LogP contribution is 2.22. The fraction of sp³-hybridized carbons (Fsp3) is 0.714. The van der Waals surface area contributed by atoms with E-state index in [4.69, 9.17) is 5.11 Å². The third-order valence-corrected chi connectivity index (χ3v) is 1.56. The highest BCUT2D eigenvalue weighted by molar-refractivity contribution is 4.94. The quantitative estimate of drug-likeness (QED) is 0.796. The molecule has 0 aliphatic carbocycles. The average molecular weight is 209 g/mol. The van der Waals surface area contributed by atoms with Crippen molar-refractivity contribution in [2.45, 2.75) is 25.1 Å². The summed E-state index contributed by atoms with van der Waals surface area (Å²) in [5.41, 5.74) is 0.351. The van der Waals surface area contributed by atoms with Crippen molar-refractivity contribution in [3.63, 3.8) is 0 Å². The summed E-state index contributed by atoms with van der Waals surface area (Å²) < 4.78 is 36.8. The summed E-state index contributed by atoms with van der Waals surface area (Å²) >= 11 is 0. The number of aryl methyl sites for hydroxylation is 1. The number of aliphatic hydroxyl groups is 1. The first kappa shape index (κ1) is 11.0. The van der Waals surface area contributed by atoms with Crippen LogP contribution in [-0.2, 0) is 13.5 Å². The number of nitrogens with zero attached hydrogens (tertiary/aromatic N) is 3. The number of hydrogen-bond donors (Lipinski definition) is 1. The lowest BCUT2D eigenvalue weighted by atomic mass is 10.1. The van der Waals surface area contributed by atoms with Gasteiger partial charge in [-0.05, 0) is 0 Å². The molecule has 0 saturated heterocycles. The lowest BCUT2D eigenvalue weighted by molar-refractivity contribution is -0.153. The van der Waals surface area contributed by atoms with Crippen molar-refractivity contribution in [3.8, 4) is 0 Å². The van der Waals surface area contributed by atoms with Crippen LogP contribution in [0.1, 0.15) is 12.1 Å². The van der Waals surface area contributed by atoms with Gasteiger partial charge in [0.1, 0.15) is 0 Å². The van der Waals surface area contributed by atoms with Crippen molar-refractivity contribution >= 4 is 0 Å². The van der Waals surface area contributed by atoms with Crippen LogP contribution in [0.15, 0.2) is 6.20 Å². The topological polar surface area (TPSA) is 50.9 Å². The summed E-state index contributed by atoms with van der Waals surface area (Å²) in [4.78, 5) is 0. The first-order valence-electron chi connectivity index (χ1n) is 3.97. The third kappa shape index (κ3) is 3.73. The van der Waals surface area contributed by atoms with E-state index >= 15 is 0 Å². The van der Waals surface area contributed by atoms with Crippen LogP contribution in [0.4, 0.5) is 13.2 Å². The van der Waals surface area contributed by atoms with Crippen LogP contribution in [0.3, 0.4) is 0 Å². The molecule has 0 saturated carbocycles. The average Bonchev–Trinajstić information content (AvgIpc) is 2.30. The van der Waals surface area contributed by atoms with Crippen LogP contribution in [0, 0.1) is 0 Å². The van der Waals surface area contributed by atoms with Crippen molar-refractivity contribution in [1.29, 1.82) is 0 Å². The number of hydrogen-bond acceptors (Lipinski definition) is 3. The molecule has 0 aromatic carbocycles. The van der Waals surface area contributed by atoms with Crippen molar-refractivity contribution < 1.29 is 18.3 Å². The zero-order valence-electron chi connectivity index (χ0n) is 7.49. The molecular formula is C7H10F3N3O. The Morgan fingerprint density at radius 3 is 2.64 bits per heavy atom. The Morgan fingerprint density at radius 2 is 2.21 bits per heavy atom. The third-order valence-electron chi connectivity index (χ3n) is 1.56. The normalized spacial score (nSPS) is 14.4. The minimum absolute atomic E-state index is 0.132. The summed E-state index contributed by atoms with van der Waals surface area (Å²) in [6.07, 6.45) is -5.68. The predicted octanol–water partition coefficient (Wildman–Crippen LogP) is 0.671. The summed E-state index contributed by atoms with van der Waals surface area (Å²) in [7, 11) is 1.60. The van der Waals surface area contributed by atoms with Crippen molar-refractivity contribution in [3.05, 3.63) is 11.9 Å². The molecule has 0 bridgehead atoms. The minimum Gasteiger partial charge on any atom is -0.392 e. The predicted molar refractivity (Wildman–Crippen MR) is 41.4 cm³/mol. The molecule has 1 N–H and O–H groups in total. The second-order valence-corrected chi connectivity index (χ2v) is 3.06. The maximum Gasteiger partial charge on any atom is 0.391 e. The number of aliphatic hydroxyl groups excluding tert-OH is 1. The standard InChI is InChI=1S/C7H10F3N3O/c1-13-4-5(11-12-13)2-6(14)3-7(8,9)10/h4,6,14H,2-3H2,1H3. The molecule has 1 aromatic heterocycles. The number of alkyl halides is 3. The van der Waals surface area contributed by atoms with Crippen molar-refractivity contribution in [1.82, 2.24) is 15.0 Å². The molecule has 14 heavy (non-hydrogen) atoms. The van der Waals surface area contributed by atoms with Crippen LogP contribution < -0.4 is 0 Å². The van der Waals surface area contributed by atoms with Crippen molar-refractivity contribution in [2.75, 3.05) is 0 Å². The van der Waals surface area contributed by atoms with E-state index in [0.717, 1.165) is 0 Å². The molecule has 1 unspecified atom stereocenters. The summed E-state index contributed by atoms with van der Waals surface area (Å²) in [5, 5.41) is 16.2. The van der Waals surface area contributed by atoms with Gasteiger partial charge in [-0.1, -0.05) is 5.21 Å². The Balaban J connectivity index is 2.45. The van der Waals surface area contributed by atoms with Crippen LogP contribution in [0.25, 0.3) is 0 Å². The zero-order chi connectivity index (χ0) is 10.8. The molecule has 4 nitrogen and oxygen atoms in total. The molecular weight excluding hydrogens is 199 g/mol. The summed E-state index contributed by atoms with van der Waals surface area (Å²) in [6.45, 7) is 0. The van der Waals surface area contributed by atoms with Gasteiger partial charge in [0.2, 0.25) is 0 Å². The highest BCUT2D eigenvalue weighted by Gasteiger charge is 2.31. The maximum atomic E-state index is 11.8. The van der Waals surface area contributed by atoms with E-state index in [0.29, 0.717) is 5.69 Å². The van der Waals surface area contributed by atoms with Gasteiger partial charge in [0.25, 0.3) is 0 Å². The Kier molecular flexibility index (Phi) is 3.10. The van der Waals surface area contributed by atoms with Crippen LogP contribution in [0.5, 0.6) is 0 Å².